The van der Waals surface area contributed by atoms with Gasteiger partial charge in [0.05, 0.1) is 0 Å². The molecule has 4 aliphatic carbocycles. The van der Waals surface area contributed by atoms with Crippen LogP contribution < -0.4 is 0 Å². The van der Waals surface area contributed by atoms with Gasteiger partial charge in [0.25, 0.3) is 0 Å². The predicted molar refractivity (Wildman–Crippen MR) is 34.8 cm³/mol. The Morgan fingerprint density at radius 3 is 2.67 bits per heavy atom. The topological polar surface area (TPSA) is 0 Å². The van der Waals surface area contributed by atoms with Gasteiger partial charge >= 0.3 is 0 Å². The minimum atomic E-state index is 0.915. The molecule has 0 bridgehead atoms. The first kappa shape index (κ1) is 4.00. The lowest BCUT2D eigenvalue weighted by Crippen LogP contribution is -2.19. The van der Waals surface area contributed by atoms with Crippen LogP contribution in [0.5, 0.6) is 0 Å². The molecule has 0 amide bonds. The van der Waals surface area contributed by atoms with Crippen LogP contribution in [0.1, 0.15) is 19.8 Å². The summed E-state index contributed by atoms with van der Waals surface area (Å²) in [7, 11) is 0. The minimum absolute atomic E-state index is 0.915. The van der Waals surface area contributed by atoms with Gasteiger partial charge in [-0.05, 0) is 47.8 Å². The smallest absolute Gasteiger partial charge is 0.0258 e. The minimum Gasteiger partial charge on any atom is -0.0591 e. The third-order valence-corrected chi connectivity index (χ3v) is 4.89. The first-order valence-electron chi connectivity index (χ1n) is 4.32. The Labute approximate surface area is 55.6 Å². The van der Waals surface area contributed by atoms with E-state index in [1.165, 1.54) is 29.6 Å². The van der Waals surface area contributed by atoms with Crippen molar-refractivity contribution in [1.82, 2.24) is 0 Å². The average Bonchev–Trinajstić information content (AvgIpc) is 2.50. The third kappa shape index (κ3) is 0.210. The Hall–Kier alpha value is 0. The van der Waals surface area contributed by atoms with E-state index in [-0.39, 0.29) is 0 Å². The standard InChI is InChI=1S/C9H12/c1-9-3-6(9)4-2-5-7(4)8(5)9/h4-8H,2-3H2,1H3. The van der Waals surface area contributed by atoms with Crippen LogP contribution in [-0.4, -0.2) is 0 Å². The van der Waals surface area contributed by atoms with Crippen molar-refractivity contribution >= 4 is 0 Å². The van der Waals surface area contributed by atoms with Gasteiger partial charge in [-0.1, -0.05) is 6.92 Å². The van der Waals surface area contributed by atoms with E-state index in [0.717, 1.165) is 5.41 Å². The SMILES string of the molecule is CC12CC1C1CC3C1C32. The van der Waals surface area contributed by atoms with Crippen molar-refractivity contribution in [3.63, 3.8) is 0 Å². The maximum atomic E-state index is 2.54. The monoisotopic (exact) mass is 120 g/mol. The maximum absolute atomic E-state index is 2.54. The van der Waals surface area contributed by atoms with Crippen molar-refractivity contribution in [2.45, 2.75) is 19.8 Å². The second-order valence-corrected chi connectivity index (χ2v) is 4.98. The van der Waals surface area contributed by atoms with E-state index < -0.39 is 0 Å². The van der Waals surface area contributed by atoms with Gasteiger partial charge in [0.15, 0.2) is 0 Å². The van der Waals surface area contributed by atoms with Crippen molar-refractivity contribution in [2.75, 3.05) is 0 Å². The van der Waals surface area contributed by atoms with Crippen LogP contribution in [0.15, 0.2) is 0 Å². The molecule has 0 radical (unpaired) electrons. The van der Waals surface area contributed by atoms with Crippen molar-refractivity contribution in [3.8, 4) is 0 Å². The van der Waals surface area contributed by atoms with E-state index in [2.05, 4.69) is 6.92 Å². The predicted octanol–water partition coefficient (Wildman–Crippen LogP) is 1.91. The van der Waals surface area contributed by atoms with Crippen LogP contribution in [0.2, 0.25) is 0 Å². The molecule has 6 unspecified atom stereocenters. The summed E-state index contributed by atoms with van der Waals surface area (Å²) in [5.41, 5.74) is 0.915. The highest BCUT2D eigenvalue weighted by Gasteiger charge is 2.84. The molecule has 4 rings (SSSR count). The molecule has 6 atom stereocenters. The third-order valence-electron chi connectivity index (χ3n) is 4.89. The highest BCUT2D eigenvalue weighted by molar-refractivity contribution is 5.31. The molecule has 0 nitrogen and oxygen atoms in total. The van der Waals surface area contributed by atoms with Crippen LogP contribution in [0, 0.1) is 35.0 Å². The molecule has 9 heavy (non-hydrogen) atoms. The van der Waals surface area contributed by atoms with Gasteiger partial charge in [0.1, 0.15) is 0 Å². The molecule has 0 heteroatoms. The quantitative estimate of drug-likeness (QED) is 0.458. The van der Waals surface area contributed by atoms with Gasteiger partial charge in [-0.15, -0.1) is 0 Å². The van der Waals surface area contributed by atoms with Crippen LogP contribution >= 0.6 is 0 Å². The van der Waals surface area contributed by atoms with E-state index in [0.29, 0.717) is 0 Å². The Balaban J connectivity index is 1.95. The Morgan fingerprint density at radius 1 is 1.33 bits per heavy atom. The summed E-state index contributed by atoms with van der Waals surface area (Å²) in [6.45, 7) is 2.54. The Bertz CT molecular complexity index is 208. The fraction of sp³-hybridized carbons (Fsp3) is 1.00. The first-order chi connectivity index (χ1) is 4.32. The highest BCUT2D eigenvalue weighted by atomic mass is 14.9. The lowest BCUT2D eigenvalue weighted by atomic mass is 9.79. The van der Waals surface area contributed by atoms with Crippen molar-refractivity contribution in [2.24, 2.45) is 35.0 Å². The molecule has 48 valence electrons. The van der Waals surface area contributed by atoms with Gasteiger partial charge in [-0.3, -0.25) is 0 Å². The largest absolute Gasteiger partial charge is 0.0591 e. The number of fused-ring (bicyclic) bond motifs is 4. The molecule has 0 aromatic rings. The normalized spacial score (nSPS) is 87.0. The molecule has 0 N–H and O–H groups in total. The van der Waals surface area contributed by atoms with E-state index in [1.54, 1.807) is 12.8 Å². The molecular weight excluding hydrogens is 108 g/mol. The summed E-state index contributed by atoms with van der Waals surface area (Å²) < 4.78 is 0. The summed E-state index contributed by atoms with van der Waals surface area (Å²) in [4.78, 5) is 0. The molecule has 0 spiro atoms. The van der Waals surface area contributed by atoms with Gasteiger partial charge < -0.3 is 0 Å². The summed E-state index contributed by atoms with van der Waals surface area (Å²) in [6.07, 6.45) is 3.24. The molecule has 0 heterocycles. The van der Waals surface area contributed by atoms with E-state index in [9.17, 15) is 0 Å². The summed E-state index contributed by atoms with van der Waals surface area (Å²) in [5, 5.41) is 0. The average molecular weight is 120 g/mol. The Kier molecular flexibility index (Phi) is 0.329. The number of rotatable bonds is 0. The number of hydrogen-bond acceptors (Lipinski definition) is 0. The molecule has 4 saturated carbocycles. The molecule has 4 fully saturated rings. The Morgan fingerprint density at radius 2 is 2.22 bits per heavy atom. The first-order valence-corrected chi connectivity index (χ1v) is 4.32. The van der Waals surface area contributed by atoms with Gasteiger partial charge in [0, 0.05) is 0 Å². The lowest BCUT2D eigenvalue weighted by Gasteiger charge is -2.25. The summed E-state index contributed by atoms with van der Waals surface area (Å²) >= 11 is 0. The molecule has 0 aliphatic heterocycles. The van der Waals surface area contributed by atoms with Gasteiger partial charge in [-0.2, -0.15) is 0 Å². The zero-order chi connectivity index (χ0) is 5.80. The van der Waals surface area contributed by atoms with E-state index in [4.69, 9.17) is 0 Å². The summed E-state index contributed by atoms with van der Waals surface area (Å²) in [5.74, 6) is 6.22. The van der Waals surface area contributed by atoms with Crippen molar-refractivity contribution in [3.05, 3.63) is 0 Å². The van der Waals surface area contributed by atoms with Crippen LogP contribution in [0.3, 0.4) is 0 Å². The van der Waals surface area contributed by atoms with E-state index >= 15 is 0 Å². The zero-order valence-corrected chi connectivity index (χ0v) is 5.80. The second-order valence-electron chi connectivity index (χ2n) is 4.98. The van der Waals surface area contributed by atoms with Gasteiger partial charge in [-0.25, -0.2) is 0 Å². The maximum Gasteiger partial charge on any atom is -0.0258 e. The zero-order valence-electron chi connectivity index (χ0n) is 5.80. The molecule has 0 saturated heterocycles. The van der Waals surface area contributed by atoms with Crippen molar-refractivity contribution < 1.29 is 0 Å². The second kappa shape index (κ2) is 0.741. The molecular formula is C9H12. The highest BCUT2D eigenvalue weighted by Crippen LogP contribution is 2.89. The molecule has 0 aromatic carbocycles. The fourth-order valence-corrected chi connectivity index (χ4v) is 4.36. The number of hydrogen-bond donors (Lipinski definition) is 0. The molecule has 0 aromatic heterocycles. The van der Waals surface area contributed by atoms with Crippen LogP contribution in [0.25, 0.3) is 0 Å². The van der Waals surface area contributed by atoms with Crippen LogP contribution in [-0.2, 0) is 0 Å². The lowest BCUT2D eigenvalue weighted by molar-refractivity contribution is 0.227. The van der Waals surface area contributed by atoms with Crippen molar-refractivity contribution in [1.29, 1.82) is 0 Å². The fourth-order valence-electron chi connectivity index (χ4n) is 4.36. The van der Waals surface area contributed by atoms with Crippen LogP contribution in [0.4, 0.5) is 0 Å². The van der Waals surface area contributed by atoms with E-state index in [1.807, 2.05) is 0 Å². The van der Waals surface area contributed by atoms with Gasteiger partial charge in [0.2, 0.25) is 0 Å². The summed E-state index contributed by atoms with van der Waals surface area (Å²) in [6, 6.07) is 0. The molecule has 4 aliphatic rings.